The third-order valence-corrected chi connectivity index (χ3v) is 3.26. The number of methoxy groups -OCH3 is 1. The molecule has 0 aliphatic rings. The summed E-state index contributed by atoms with van der Waals surface area (Å²) in [6.45, 7) is 6.57. The van der Waals surface area contributed by atoms with E-state index in [2.05, 4.69) is 36.2 Å². The minimum absolute atomic E-state index is 0.301. The molecule has 0 unspecified atom stereocenters. The molecular weight excluding hydrogens is 252 g/mol. The van der Waals surface area contributed by atoms with Gasteiger partial charge < -0.3 is 4.74 Å². The number of benzene rings is 1. The van der Waals surface area contributed by atoms with Crippen molar-refractivity contribution in [2.24, 2.45) is 0 Å². The number of hydrogen-bond acceptors (Lipinski definition) is 2. The minimum Gasteiger partial charge on any atom is -0.497 e. The largest absolute Gasteiger partial charge is 0.497 e. The van der Waals surface area contributed by atoms with Gasteiger partial charge in [-0.1, -0.05) is 25.6 Å². The molecule has 19 heavy (non-hydrogen) atoms. The summed E-state index contributed by atoms with van der Waals surface area (Å²) in [6.07, 6.45) is 3.58. The van der Waals surface area contributed by atoms with Gasteiger partial charge in [-0.05, 0) is 24.3 Å². The van der Waals surface area contributed by atoms with Crippen LogP contribution in [0, 0.1) is 11.5 Å². The average Bonchev–Trinajstić information content (AvgIpc) is 2.83. The zero-order valence-corrected chi connectivity index (χ0v) is 12.3. The van der Waals surface area contributed by atoms with Crippen LogP contribution in [0.3, 0.4) is 0 Å². The highest BCUT2D eigenvalue weighted by molar-refractivity contribution is 6.83. The monoisotopic (exact) mass is 273 g/mol. The molecule has 0 aliphatic carbocycles. The van der Waals surface area contributed by atoms with Gasteiger partial charge in [0, 0.05) is 6.20 Å². The van der Waals surface area contributed by atoms with E-state index in [1.165, 1.54) is 0 Å². The normalized spacial score (nSPS) is 13.7. The molecule has 1 heterocycles. The predicted molar refractivity (Wildman–Crippen MR) is 80.3 cm³/mol. The maximum absolute atomic E-state index is 7.07. The first-order valence-electron chi connectivity index (χ1n) is 7.50. The molecule has 0 saturated carbocycles. The SMILES string of the molecule is [2H]C([2H])([2H])Oc1ccc(-n2cc(C#C[Si](C)(C)C)cn2)cc1. The number of ether oxygens (including phenoxy) is 1. The van der Waals surface area contributed by atoms with Crippen LogP contribution in [0.1, 0.15) is 9.68 Å². The van der Waals surface area contributed by atoms with Gasteiger partial charge in [-0.2, -0.15) is 5.10 Å². The van der Waals surface area contributed by atoms with E-state index in [0.717, 1.165) is 11.3 Å². The lowest BCUT2D eigenvalue weighted by Gasteiger charge is -2.03. The summed E-state index contributed by atoms with van der Waals surface area (Å²) >= 11 is 0. The Bertz CT molecular complexity index is 703. The second-order valence-corrected chi connectivity index (χ2v) is 10.0. The molecule has 1 aromatic heterocycles. The van der Waals surface area contributed by atoms with Crippen molar-refractivity contribution >= 4 is 8.07 Å². The van der Waals surface area contributed by atoms with Crippen LogP contribution in [-0.4, -0.2) is 24.9 Å². The van der Waals surface area contributed by atoms with E-state index in [0.29, 0.717) is 5.75 Å². The van der Waals surface area contributed by atoms with E-state index in [9.17, 15) is 0 Å². The summed E-state index contributed by atoms with van der Waals surface area (Å²) in [7, 11) is -3.85. The van der Waals surface area contributed by atoms with E-state index in [1.807, 2.05) is 6.20 Å². The quantitative estimate of drug-likeness (QED) is 0.621. The van der Waals surface area contributed by atoms with Gasteiger partial charge in [-0.15, -0.1) is 5.54 Å². The molecule has 0 aliphatic heterocycles. The fourth-order valence-corrected chi connectivity index (χ4v) is 1.97. The predicted octanol–water partition coefficient (Wildman–Crippen LogP) is 3.11. The third-order valence-electron chi connectivity index (χ3n) is 2.38. The van der Waals surface area contributed by atoms with Gasteiger partial charge >= 0.3 is 0 Å². The van der Waals surface area contributed by atoms with Crippen LogP contribution < -0.4 is 4.74 Å². The summed E-state index contributed by atoms with van der Waals surface area (Å²) in [4.78, 5) is 0. The van der Waals surface area contributed by atoms with E-state index in [-0.39, 0.29) is 0 Å². The number of rotatable bonds is 2. The van der Waals surface area contributed by atoms with Crippen molar-refractivity contribution in [1.29, 1.82) is 0 Å². The zero-order chi connectivity index (χ0) is 16.4. The minimum atomic E-state index is -2.44. The van der Waals surface area contributed by atoms with Gasteiger partial charge in [0.1, 0.15) is 13.8 Å². The van der Waals surface area contributed by atoms with Gasteiger partial charge in [0.05, 0.1) is 28.6 Å². The van der Waals surface area contributed by atoms with Crippen LogP contribution in [0.25, 0.3) is 5.69 Å². The van der Waals surface area contributed by atoms with Crippen molar-refractivity contribution in [3.8, 4) is 22.9 Å². The molecule has 0 fully saturated rings. The first-order chi connectivity index (χ1) is 10.1. The van der Waals surface area contributed by atoms with Crippen molar-refractivity contribution in [2.75, 3.05) is 7.04 Å². The zero-order valence-electron chi connectivity index (χ0n) is 14.3. The number of nitrogens with zero attached hydrogens (tertiary/aromatic N) is 2. The number of hydrogen-bond donors (Lipinski definition) is 0. The van der Waals surface area contributed by atoms with Crippen LogP contribution in [0.4, 0.5) is 0 Å². The molecule has 0 bridgehead atoms. The highest BCUT2D eigenvalue weighted by atomic mass is 28.3. The molecule has 0 atom stereocenters. The average molecular weight is 273 g/mol. The Balaban J connectivity index is 2.16. The Labute approximate surface area is 119 Å². The summed E-state index contributed by atoms with van der Waals surface area (Å²) in [6, 6.07) is 6.72. The lowest BCUT2D eigenvalue weighted by Crippen LogP contribution is -2.16. The molecular formula is C15H18N2OSi. The molecule has 0 N–H and O–H groups in total. The van der Waals surface area contributed by atoms with Crippen LogP contribution in [0.2, 0.25) is 19.6 Å². The van der Waals surface area contributed by atoms with Gasteiger partial charge in [-0.25, -0.2) is 4.68 Å². The lowest BCUT2D eigenvalue weighted by molar-refractivity contribution is 0.414. The second-order valence-electron chi connectivity index (χ2n) is 5.27. The fourth-order valence-electron chi connectivity index (χ4n) is 1.46. The summed E-state index contributed by atoms with van der Waals surface area (Å²) < 4.78 is 27.7. The van der Waals surface area contributed by atoms with Gasteiger partial charge in [0.15, 0.2) is 0 Å². The van der Waals surface area contributed by atoms with Crippen molar-refractivity contribution in [3.63, 3.8) is 0 Å². The van der Waals surface area contributed by atoms with Crippen molar-refractivity contribution in [3.05, 3.63) is 42.2 Å². The molecule has 2 rings (SSSR count). The lowest BCUT2D eigenvalue weighted by atomic mass is 10.3. The first-order valence-corrected chi connectivity index (χ1v) is 9.50. The molecule has 0 saturated heterocycles. The van der Waals surface area contributed by atoms with Crippen molar-refractivity contribution < 1.29 is 8.85 Å². The van der Waals surface area contributed by atoms with E-state index in [1.54, 1.807) is 35.1 Å². The van der Waals surface area contributed by atoms with Crippen LogP contribution >= 0.6 is 0 Å². The molecule has 2 aromatic rings. The molecule has 1 aromatic carbocycles. The van der Waals surface area contributed by atoms with Gasteiger partial charge in [0.2, 0.25) is 0 Å². The fraction of sp³-hybridized carbons (Fsp3) is 0.267. The van der Waals surface area contributed by atoms with Crippen LogP contribution in [0.15, 0.2) is 36.7 Å². The molecule has 0 amide bonds. The molecule has 98 valence electrons. The molecule has 3 nitrogen and oxygen atoms in total. The van der Waals surface area contributed by atoms with Crippen LogP contribution in [-0.2, 0) is 0 Å². The standard InChI is InChI=1S/C15H18N2OSi/c1-18-15-7-5-14(6-8-15)17-12-13(11-16-17)9-10-19(2,3)4/h5-8,11-12H,1-4H3/i1D3. The number of aromatic nitrogens is 2. The highest BCUT2D eigenvalue weighted by Crippen LogP contribution is 2.14. The van der Waals surface area contributed by atoms with E-state index < -0.39 is 15.1 Å². The first kappa shape index (κ1) is 9.87. The van der Waals surface area contributed by atoms with E-state index in [4.69, 9.17) is 8.85 Å². The molecule has 4 heteroatoms. The topological polar surface area (TPSA) is 27.1 Å². The van der Waals surface area contributed by atoms with Crippen molar-refractivity contribution in [2.45, 2.75) is 19.6 Å². The molecule has 0 radical (unpaired) electrons. The summed E-state index contributed by atoms with van der Waals surface area (Å²) in [5.74, 6) is 3.45. The summed E-state index contributed by atoms with van der Waals surface area (Å²) in [5.41, 5.74) is 4.98. The smallest absolute Gasteiger partial charge is 0.129 e. The van der Waals surface area contributed by atoms with E-state index >= 15 is 0 Å². The Morgan fingerprint density at radius 2 is 2.00 bits per heavy atom. The third kappa shape index (κ3) is 3.73. The maximum atomic E-state index is 7.07. The van der Waals surface area contributed by atoms with Gasteiger partial charge in [-0.3, -0.25) is 0 Å². The summed E-state index contributed by atoms with van der Waals surface area (Å²) in [5, 5.41) is 4.27. The Morgan fingerprint density at radius 3 is 2.63 bits per heavy atom. The Hall–Kier alpha value is -1.99. The van der Waals surface area contributed by atoms with Crippen LogP contribution in [0.5, 0.6) is 5.75 Å². The molecule has 0 spiro atoms. The van der Waals surface area contributed by atoms with Gasteiger partial charge in [0.25, 0.3) is 0 Å². The Kier molecular flexibility index (Phi) is 2.77. The highest BCUT2D eigenvalue weighted by Gasteiger charge is 2.07. The van der Waals surface area contributed by atoms with Crippen molar-refractivity contribution in [1.82, 2.24) is 9.78 Å². The maximum Gasteiger partial charge on any atom is 0.129 e. The second kappa shape index (κ2) is 5.33. The Morgan fingerprint density at radius 1 is 1.26 bits per heavy atom.